The minimum absolute atomic E-state index is 0.126. The van der Waals surface area contributed by atoms with E-state index in [1.54, 1.807) is 0 Å². The zero-order valence-corrected chi connectivity index (χ0v) is 11.3. The van der Waals surface area contributed by atoms with Crippen LogP contribution in [0.15, 0.2) is 30.3 Å². The fraction of sp³-hybridized carbons (Fsp3) is 0.0714. The molecular weight excluding hydrogens is 286 g/mol. The van der Waals surface area contributed by atoms with Crippen molar-refractivity contribution in [2.45, 2.75) is 6.92 Å². The third kappa shape index (κ3) is 2.88. The van der Waals surface area contributed by atoms with Gasteiger partial charge in [0, 0.05) is 11.8 Å². The van der Waals surface area contributed by atoms with Gasteiger partial charge in [-0.25, -0.2) is 8.78 Å². The number of hydrogen-bond acceptors (Lipinski definition) is 2. The van der Waals surface area contributed by atoms with Gasteiger partial charge in [0.1, 0.15) is 11.6 Å². The number of carbonyl (C=O) groups excluding carboxylic acids is 1. The number of anilines is 2. The number of carbonyl (C=O) groups is 1. The first kappa shape index (κ1) is 14.3. The smallest absolute Gasteiger partial charge is 0.257 e. The van der Waals surface area contributed by atoms with Crippen LogP contribution >= 0.6 is 11.6 Å². The molecule has 0 bridgehead atoms. The lowest BCUT2D eigenvalue weighted by Gasteiger charge is -2.09. The molecule has 20 heavy (non-hydrogen) atoms. The van der Waals surface area contributed by atoms with Crippen LogP contribution in [-0.2, 0) is 0 Å². The summed E-state index contributed by atoms with van der Waals surface area (Å²) in [5, 5.41) is 2.41. The Balaban J connectivity index is 2.30. The third-order valence-corrected chi connectivity index (χ3v) is 3.05. The number of nitrogens with two attached hydrogens (primary N) is 1. The molecule has 1 amide bonds. The summed E-state index contributed by atoms with van der Waals surface area (Å²) in [7, 11) is 0. The molecule has 6 heteroatoms. The van der Waals surface area contributed by atoms with Gasteiger partial charge in [-0.1, -0.05) is 11.6 Å². The maximum atomic E-state index is 13.6. The van der Waals surface area contributed by atoms with Crippen molar-refractivity contribution in [3.8, 4) is 0 Å². The van der Waals surface area contributed by atoms with E-state index in [-0.39, 0.29) is 21.8 Å². The number of halogens is 3. The second-order valence-electron chi connectivity index (χ2n) is 4.27. The van der Waals surface area contributed by atoms with Crippen molar-refractivity contribution in [1.29, 1.82) is 0 Å². The largest absolute Gasteiger partial charge is 0.399 e. The Morgan fingerprint density at radius 2 is 1.90 bits per heavy atom. The third-order valence-electron chi connectivity index (χ3n) is 2.73. The van der Waals surface area contributed by atoms with Crippen molar-refractivity contribution in [2.75, 3.05) is 11.1 Å². The maximum Gasteiger partial charge on any atom is 0.257 e. The van der Waals surface area contributed by atoms with Crippen LogP contribution in [0, 0.1) is 18.6 Å². The van der Waals surface area contributed by atoms with E-state index in [1.807, 2.05) is 0 Å². The molecular formula is C14H11ClF2N2O. The van der Waals surface area contributed by atoms with Crippen molar-refractivity contribution >= 4 is 28.9 Å². The topological polar surface area (TPSA) is 55.1 Å². The van der Waals surface area contributed by atoms with E-state index in [4.69, 9.17) is 17.3 Å². The van der Waals surface area contributed by atoms with Crippen LogP contribution in [0.1, 0.15) is 15.9 Å². The van der Waals surface area contributed by atoms with Gasteiger partial charge in [0.25, 0.3) is 5.91 Å². The highest BCUT2D eigenvalue weighted by molar-refractivity contribution is 6.34. The molecule has 0 aliphatic rings. The van der Waals surface area contributed by atoms with E-state index >= 15 is 0 Å². The zero-order valence-electron chi connectivity index (χ0n) is 10.5. The van der Waals surface area contributed by atoms with E-state index in [9.17, 15) is 13.6 Å². The van der Waals surface area contributed by atoms with Crippen LogP contribution in [0.2, 0.25) is 5.02 Å². The number of rotatable bonds is 2. The highest BCUT2D eigenvalue weighted by Crippen LogP contribution is 2.23. The van der Waals surface area contributed by atoms with E-state index < -0.39 is 17.5 Å². The molecule has 3 N–H and O–H groups in total. The molecule has 0 heterocycles. The van der Waals surface area contributed by atoms with Gasteiger partial charge in [-0.2, -0.15) is 0 Å². The van der Waals surface area contributed by atoms with Gasteiger partial charge < -0.3 is 11.1 Å². The van der Waals surface area contributed by atoms with Crippen molar-refractivity contribution in [3.05, 3.63) is 58.1 Å². The lowest BCUT2D eigenvalue weighted by atomic mass is 10.1. The molecule has 2 aromatic rings. The molecule has 0 atom stereocenters. The number of hydrogen-bond donors (Lipinski definition) is 2. The second kappa shape index (κ2) is 5.46. The second-order valence-corrected chi connectivity index (χ2v) is 4.68. The average molecular weight is 297 g/mol. The van der Waals surface area contributed by atoms with Crippen LogP contribution in [0.5, 0.6) is 0 Å². The van der Waals surface area contributed by atoms with E-state index in [1.165, 1.54) is 25.1 Å². The molecule has 2 rings (SSSR count). The molecule has 0 saturated heterocycles. The Hall–Kier alpha value is -2.14. The van der Waals surface area contributed by atoms with Crippen LogP contribution in [-0.4, -0.2) is 5.91 Å². The Labute approximate surface area is 119 Å². The summed E-state index contributed by atoms with van der Waals surface area (Å²) in [5.41, 5.74) is 5.96. The van der Waals surface area contributed by atoms with Crippen molar-refractivity contribution in [1.82, 2.24) is 0 Å². The SMILES string of the molecule is Cc1cc(F)c(NC(=O)c2ccc(N)cc2Cl)cc1F. The Morgan fingerprint density at radius 3 is 2.55 bits per heavy atom. The summed E-state index contributed by atoms with van der Waals surface area (Å²) >= 11 is 5.88. The molecule has 0 aromatic heterocycles. The molecule has 104 valence electrons. The lowest BCUT2D eigenvalue weighted by molar-refractivity contribution is 0.102. The summed E-state index contributed by atoms with van der Waals surface area (Å²) in [6.45, 7) is 1.43. The molecule has 0 fully saturated rings. The minimum Gasteiger partial charge on any atom is -0.399 e. The number of amides is 1. The molecule has 0 aliphatic carbocycles. The van der Waals surface area contributed by atoms with Gasteiger partial charge in [0.15, 0.2) is 0 Å². The number of nitrogens with one attached hydrogen (secondary N) is 1. The standard InChI is InChI=1S/C14H11ClF2N2O/c1-7-4-12(17)13(6-11(7)16)19-14(20)9-3-2-8(18)5-10(9)15/h2-6H,18H2,1H3,(H,19,20). The molecule has 0 radical (unpaired) electrons. The number of aryl methyl sites for hydroxylation is 1. The highest BCUT2D eigenvalue weighted by Gasteiger charge is 2.14. The summed E-state index contributed by atoms with van der Waals surface area (Å²) in [6.07, 6.45) is 0. The number of benzene rings is 2. The highest BCUT2D eigenvalue weighted by atomic mass is 35.5. The Morgan fingerprint density at radius 1 is 1.20 bits per heavy atom. The molecule has 2 aromatic carbocycles. The summed E-state index contributed by atoms with van der Waals surface area (Å²) in [6, 6.07) is 6.24. The van der Waals surface area contributed by atoms with Crippen LogP contribution in [0.4, 0.5) is 20.2 Å². The van der Waals surface area contributed by atoms with Crippen LogP contribution in [0.25, 0.3) is 0 Å². The van der Waals surface area contributed by atoms with Gasteiger partial charge >= 0.3 is 0 Å². The molecule has 0 spiro atoms. The normalized spacial score (nSPS) is 10.4. The molecule has 0 unspecified atom stereocenters. The summed E-state index contributed by atoms with van der Waals surface area (Å²) < 4.78 is 27.0. The van der Waals surface area contributed by atoms with E-state index in [2.05, 4.69) is 5.32 Å². The first-order chi connectivity index (χ1) is 9.38. The van der Waals surface area contributed by atoms with Gasteiger partial charge in [0.2, 0.25) is 0 Å². The quantitative estimate of drug-likeness (QED) is 0.829. The monoisotopic (exact) mass is 296 g/mol. The lowest BCUT2D eigenvalue weighted by Crippen LogP contribution is -2.14. The fourth-order valence-corrected chi connectivity index (χ4v) is 1.92. The predicted octanol–water partition coefficient (Wildman–Crippen LogP) is 3.76. The van der Waals surface area contributed by atoms with Gasteiger partial charge in [-0.3, -0.25) is 4.79 Å². The van der Waals surface area contributed by atoms with Gasteiger partial charge in [0.05, 0.1) is 16.3 Å². The summed E-state index contributed by atoms with van der Waals surface area (Å²) in [5.74, 6) is -1.97. The Bertz CT molecular complexity index is 689. The van der Waals surface area contributed by atoms with Crippen LogP contribution < -0.4 is 11.1 Å². The van der Waals surface area contributed by atoms with Crippen molar-refractivity contribution in [3.63, 3.8) is 0 Å². The predicted molar refractivity (Wildman–Crippen MR) is 74.9 cm³/mol. The summed E-state index contributed by atoms with van der Waals surface area (Å²) in [4.78, 5) is 12.0. The molecule has 0 saturated carbocycles. The van der Waals surface area contributed by atoms with E-state index in [0.29, 0.717) is 5.69 Å². The molecule has 0 aliphatic heterocycles. The van der Waals surface area contributed by atoms with Gasteiger partial charge in [-0.15, -0.1) is 0 Å². The maximum absolute atomic E-state index is 13.6. The van der Waals surface area contributed by atoms with Crippen LogP contribution in [0.3, 0.4) is 0 Å². The fourth-order valence-electron chi connectivity index (χ4n) is 1.65. The van der Waals surface area contributed by atoms with Crippen molar-refractivity contribution in [2.24, 2.45) is 0 Å². The first-order valence-electron chi connectivity index (χ1n) is 5.70. The zero-order chi connectivity index (χ0) is 14.9. The van der Waals surface area contributed by atoms with Gasteiger partial charge in [-0.05, 0) is 36.8 Å². The van der Waals surface area contributed by atoms with Crippen molar-refractivity contribution < 1.29 is 13.6 Å². The first-order valence-corrected chi connectivity index (χ1v) is 6.08. The van der Waals surface area contributed by atoms with E-state index in [0.717, 1.165) is 12.1 Å². The average Bonchev–Trinajstić information content (AvgIpc) is 2.35. The minimum atomic E-state index is -0.719. The number of nitrogen functional groups attached to an aromatic ring is 1. The Kier molecular flexibility index (Phi) is 3.90. The molecule has 3 nitrogen and oxygen atoms in total.